The first kappa shape index (κ1) is 10.4. The molecule has 0 saturated carbocycles. The lowest BCUT2D eigenvalue weighted by molar-refractivity contribution is 0.637. The van der Waals surface area contributed by atoms with E-state index in [0.717, 1.165) is 24.5 Å². The third kappa shape index (κ3) is 3.20. The molecule has 0 aromatic carbocycles. The average molecular weight is 205 g/mol. The van der Waals surface area contributed by atoms with Crippen molar-refractivity contribution in [3.63, 3.8) is 0 Å². The largest absolute Gasteiger partial charge is 0.381 e. The third-order valence-electron chi connectivity index (χ3n) is 2.86. The minimum Gasteiger partial charge on any atom is -0.381 e. The maximum absolute atomic E-state index is 4.29. The van der Waals surface area contributed by atoms with Crippen molar-refractivity contribution in [3.05, 3.63) is 24.0 Å². The minimum atomic E-state index is 0.601. The molecule has 1 fully saturated rings. The number of rotatable bonds is 2. The number of anilines is 1. The summed E-state index contributed by atoms with van der Waals surface area (Å²) in [5, 5.41) is 6.96. The van der Waals surface area contributed by atoms with Crippen molar-refractivity contribution in [3.8, 4) is 0 Å². The van der Waals surface area contributed by atoms with Gasteiger partial charge in [0.2, 0.25) is 0 Å². The van der Waals surface area contributed by atoms with E-state index in [9.17, 15) is 0 Å². The summed E-state index contributed by atoms with van der Waals surface area (Å²) in [6, 6.07) is 4.77. The fourth-order valence-corrected chi connectivity index (χ4v) is 1.95. The molecule has 0 spiro atoms. The Kier molecular flexibility index (Phi) is 3.56. The van der Waals surface area contributed by atoms with Gasteiger partial charge in [0.25, 0.3) is 0 Å². The van der Waals surface area contributed by atoms with Gasteiger partial charge in [0.05, 0.1) is 11.9 Å². The van der Waals surface area contributed by atoms with Gasteiger partial charge in [-0.2, -0.15) is 0 Å². The van der Waals surface area contributed by atoms with E-state index in [2.05, 4.69) is 27.8 Å². The molecule has 15 heavy (non-hydrogen) atoms. The van der Waals surface area contributed by atoms with Gasteiger partial charge in [0, 0.05) is 11.7 Å². The van der Waals surface area contributed by atoms with Crippen LogP contribution in [0.2, 0.25) is 0 Å². The molecule has 2 N–H and O–H groups in total. The monoisotopic (exact) mass is 205 g/mol. The van der Waals surface area contributed by atoms with Gasteiger partial charge in [-0.15, -0.1) is 0 Å². The normalized spacial score (nSPS) is 22.1. The Labute approximate surface area is 91.3 Å². The molecule has 2 heterocycles. The fraction of sp³-hybridized carbons (Fsp3) is 0.583. The first-order valence-corrected chi connectivity index (χ1v) is 5.74. The number of nitrogens with one attached hydrogen (secondary N) is 2. The van der Waals surface area contributed by atoms with Crippen molar-refractivity contribution in [1.29, 1.82) is 0 Å². The molecule has 0 bridgehead atoms. The molecule has 0 radical (unpaired) electrons. The van der Waals surface area contributed by atoms with Gasteiger partial charge in [0.15, 0.2) is 0 Å². The highest BCUT2D eigenvalue weighted by atomic mass is 15.0. The molecule has 1 aromatic rings. The lowest BCUT2D eigenvalue weighted by atomic mass is 10.1. The van der Waals surface area contributed by atoms with Crippen molar-refractivity contribution < 1.29 is 0 Å². The average Bonchev–Trinajstić information content (AvgIpc) is 2.50. The molecule has 1 aromatic heterocycles. The summed E-state index contributed by atoms with van der Waals surface area (Å²) in [7, 11) is 0. The van der Waals surface area contributed by atoms with Crippen LogP contribution in [0.3, 0.4) is 0 Å². The van der Waals surface area contributed by atoms with Crippen molar-refractivity contribution in [2.45, 2.75) is 32.2 Å². The Morgan fingerprint density at radius 1 is 1.33 bits per heavy atom. The molecule has 1 aliphatic rings. The Morgan fingerprint density at radius 3 is 3.07 bits per heavy atom. The van der Waals surface area contributed by atoms with E-state index in [1.54, 1.807) is 0 Å². The van der Waals surface area contributed by atoms with Gasteiger partial charge in [-0.1, -0.05) is 0 Å². The van der Waals surface area contributed by atoms with Crippen molar-refractivity contribution in [2.75, 3.05) is 18.4 Å². The molecule has 0 amide bonds. The maximum Gasteiger partial charge on any atom is 0.0529 e. The number of nitrogens with zero attached hydrogens (tertiary/aromatic N) is 1. The Morgan fingerprint density at radius 2 is 2.27 bits per heavy atom. The van der Waals surface area contributed by atoms with Gasteiger partial charge >= 0.3 is 0 Å². The highest BCUT2D eigenvalue weighted by Gasteiger charge is 2.11. The van der Waals surface area contributed by atoms with E-state index in [4.69, 9.17) is 0 Å². The number of hydrogen-bond acceptors (Lipinski definition) is 3. The summed E-state index contributed by atoms with van der Waals surface area (Å²) >= 11 is 0. The maximum atomic E-state index is 4.29. The van der Waals surface area contributed by atoms with Crippen LogP contribution >= 0.6 is 0 Å². The highest BCUT2D eigenvalue weighted by Crippen LogP contribution is 2.13. The minimum absolute atomic E-state index is 0.601. The zero-order chi connectivity index (χ0) is 10.5. The van der Waals surface area contributed by atoms with Crippen LogP contribution in [0.25, 0.3) is 0 Å². The molecule has 1 atom stereocenters. The lowest BCUT2D eigenvalue weighted by Crippen LogP contribution is -2.21. The molecule has 1 unspecified atom stereocenters. The van der Waals surface area contributed by atoms with E-state index < -0.39 is 0 Å². The van der Waals surface area contributed by atoms with E-state index in [0.29, 0.717) is 6.04 Å². The first-order chi connectivity index (χ1) is 7.34. The second-order valence-electron chi connectivity index (χ2n) is 4.21. The van der Waals surface area contributed by atoms with E-state index in [-0.39, 0.29) is 0 Å². The summed E-state index contributed by atoms with van der Waals surface area (Å²) in [6.07, 6.45) is 5.64. The molecule has 2 rings (SSSR count). The van der Waals surface area contributed by atoms with Crippen LogP contribution in [0.1, 0.15) is 25.0 Å². The van der Waals surface area contributed by atoms with Crippen LogP contribution in [-0.2, 0) is 0 Å². The summed E-state index contributed by atoms with van der Waals surface area (Å²) in [6.45, 7) is 4.29. The molecular formula is C12H19N3. The summed E-state index contributed by atoms with van der Waals surface area (Å²) in [5.41, 5.74) is 2.22. The zero-order valence-corrected chi connectivity index (χ0v) is 9.29. The topological polar surface area (TPSA) is 37.0 Å². The molecule has 3 nitrogen and oxygen atoms in total. The number of hydrogen-bond donors (Lipinski definition) is 2. The molecule has 1 saturated heterocycles. The Balaban J connectivity index is 1.92. The van der Waals surface area contributed by atoms with Crippen LogP contribution in [0.4, 0.5) is 5.69 Å². The Bertz CT molecular complexity index is 286. The van der Waals surface area contributed by atoms with Gasteiger partial charge in [-0.25, -0.2) is 0 Å². The standard InChI is InChI=1S/C12H19N3/c1-10-4-5-12(9-14-10)15-11-3-2-7-13-8-6-11/h4-5,9,11,13,15H,2-3,6-8H2,1H3. The van der Waals surface area contributed by atoms with Crippen LogP contribution in [0.15, 0.2) is 18.3 Å². The number of aryl methyl sites for hydroxylation is 1. The van der Waals surface area contributed by atoms with Crippen LogP contribution < -0.4 is 10.6 Å². The second-order valence-corrected chi connectivity index (χ2v) is 4.21. The highest BCUT2D eigenvalue weighted by molar-refractivity contribution is 5.41. The van der Waals surface area contributed by atoms with E-state index in [1.807, 2.05) is 13.1 Å². The molecule has 1 aliphatic heterocycles. The SMILES string of the molecule is Cc1ccc(NC2CCCNCC2)cn1. The van der Waals surface area contributed by atoms with Gasteiger partial charge in [-0.3, -0.25) is 4.98 Å². The number of pyridine rings is 1. The quantitative estimate of drug-likeness (QED) is 0.775. The second kappa shape index (κ2) is 5.12. The smallest absolute Gasteiger partial charge is 0.0529 e. The van der Waals surface area contributed by atoms with Crippen LogP contribution in [-0.4, -0.2) is 24.1 Å². The predicted octanol–water partition coefficient (Wildman–Crippen LogP) is 1.94. The molecule has 0 aliphatic carbocycles. The first-order valence-electron chi connectivity index (χ1n) is 5.74. The molecule has 3 heteroatoms. The number of aromatic nitrogens is 1. The van der Waals surface area contributed by atoms with Gasteiger partial charge < -0.3 is 10.6 Å². The van der Waals surface area contributed by atoms with Crippen LogP contribution in [0.5, 0.6) is 0 Å². The van der Waals surface area contributed by atoms with Gasteiger partial charge in [-0.05, 0) is 51.4 Å². The van der Waals surface area contributed by atoms with Crippen molar-refractivity contribution in [1.82, 2.24) is 10.3 Å². The van der Waals surface area contributed by atoms with Crippen molar-refractivity contribution in [2.24, 2.45) is 0 Å². The lowest BCUT2D eigenvalue weighted by Gasteiger charge is -2.16. The summed E-state index contributed by atoms with van der Waals surface area (Å²) < 4.78 is 0. The third-order valence-corrected chi connectivity index (χ3v) is 2.86. The molecular weight excluding hydrogens is 186 g/mol. The molecule has 82 valence electrons. The Hall–Kier alpha value is -1.09. The fourth-order valence-electron chi connectivity index (χ4n) is 1.95. The summed E-state index contributed by atoms with van der Waals surface area (Å²) in [4.78, 5) is 4.29. The zero-order valence-electron chi connectivity index (χ0n) is 9.29. The van der Waals surface area contributed by atoms with E-state index in [1.165, 1.54) is 19.3 Å². The van der Waals surface area contributed by atoms with Crippen LogP contribution in [0, 0.1) is 6.92 Å². The van der Waals surface area contributed by atoms with E-state index >= 15 is 0 Å². The predicted molar refractivity (Wildman–Crippen MR) is 63.1 cm³/mol. The van der Waals surface area contributed by atoms with Crippen molar-refractivity contribution >= 4 is 5.69 Å². The van der Waals surface area contributed by atoms with Gasteiger partial charge in [0.1, 0.15) is 0 Å². The summed E-state index contributed by atoms with van der Waals surface area (Å²) in [5.74, 6) is 0.